The zero-order chi connectivity index (χ0) is 17.8. The molecule has 6 heteroatoms. The fourth-order valence-corrected chi connectivity index (χ4v) is 3.03. The Balaban J connectivity index is 1.93. The first kappa shape index (κ1) is 17.6. The number of nitrogens with zero attached hydrogens (tertiary/aromatic N) is 2. The molecule has 3 N–H and O–H groups in total. The van der Waals surface area contributed by atoms with Crippen molar-refractivity contribution in [3.8, 4) is 17.0 Å². The first-order chi connectivity index (χ1) is 12.1. The van der Waals surface area contributed by atoms with Gasteiger partial charge in [0.2, 0.25) is 0 Å². The van der Waals surface area contributed by atoms with Crippen LogP contribution < -0.4 is 10.5 Å². The van der Waals surface area contributed by atoms with Crippen LogP contribution in [-0.4, -0.2) is 27.8 Å². The van der Waals surface area contributed by atoms with Crippen molar-refractivity contribution in [2.75, 3.05) is 12.3 Å². The molecule has 1 fully saturated rings. The molecule has 0 spiro atoms. The van der Waals surface area contributed by atoms with E-state index in [9.17, 15) is 5.11 Å². The summed E-state index contributed by atoms with van der Waals surface area (Å²) < 4.78 is 20.9. The number of aromatic nitrogens is 2. The Kier molecular flexibility index (Phi) is 5.48. The summed E-state index contributed by atoms with van der Waals surface area (Å²) in [6.45, 7) is 2.07. The largest absolute Gasteiger partial charge is 0.487 e. The van der Waals surface area contributed by atoms with Gasteiger partial charge in [0.15, 0.2) is 11.6 Å². The molecule has 1 heterocycles. The van der Waals surface area contributed by atoms with Crippen LogP contribution in [0.4, 0.5) is 10.2 Å². The number of nitrogens with two attached hydrogens (primary N) is 1. The summed E-state index contributed by atoms with van der Waals surface area (Å²) in [6, 6.07) is 3.63. The van der Waals surface area contributed by atoms with Gasteiger partial charge in [0, 0.05) is 11.1 Å². The Hall–Kier alpha value is -2.21. The Morgan fingerprint density at radius 3 is 2.72 bits per heavy atom. The molecule has 0 amide bonds. The number of anilines is 1. The number of aliphatic hydroxyl groups excluding tert-OH is 1. The zero-order valence-corrected chi connectivity index (χ0v) is 14.4. The van der Waals surface area contributed by atoms with Crippen molar-refractivity contribution in [3.05, 3.63) is 35.9 Å². The van der Waals surface area contributed by atoms with E-state index in [-0.39, 0.29) is 18.2 Å². The van der Waals surface area contributed by atoms with Crippen LogP contribution in [0.1, 0.15) is 50.5 Å². The van der Waals surface area contributed by atoms with Gasteiger partial charge in [0.25, 0.3) is 0 Å². The molecule has 25 heavy (non-hydrogen) atoms. The van der Waals surface area contributed by atoms with Gasteiger partial charge < -0.3 is 15.6 Å². The van der Waals surface area contributed by atoms with E-state index >= 15 is 4.39 Å². The molecule has 0 aliphatic heterocycles. The molecule has 0 radical (unpaired) electrons. The molecule has 0 bridgehead atoms. The van der Waals surface area contributed by atoms with Gasteiger partial charge in [0.05, 0.1) is 24.2 Å². The van der Waals surface area contributed by atoms with E-state index in [1.54, 1.807) is 6.07 Å². The maximum Gasteiger partial charge on any atom is 0.174 e. The first-order valence-corrected chi connectivity index (χ1v) is 8.81. The van der Waals surface area contributed by atoms with Crippen LogP contribution in [0.2, 0.25) is 0 Å². The molecule has 1 atom stereocenters. The molecule has 1 aliphatic rings. The second-order valence-corrected chi connectivity index (χ2v) is 6.55. The van der Waals surface area contributed by atoms with Gasteiger partial charge in [-0.3, -0.25) is 4.98 Å². The minimum atomic E-state index is -0.599. The maximum atomic E-state index is 15.2. The van der Waals surface area contributed by atoms with E-state index < -0.39 is 11.9 Å². The number of ether oxygens (including phenoxy) is 1. The van der Waals surface area contributed by atoms with Gasteiger partial charge in [-0.2, -0.15) is 0 Å². The summed E-state index contributed by atoms with van der Waals surface area (Å²) in [7, 11) is 0. The fraction of sp³-hybridized carbons (Fsp3) is 0.474. The van der Waals surface area contributed by atoms with Crippen molar-refractivity contribution < 1.29 is 14.2 Å². The topological polar surface area (TPSA) is 81.3 Å². The van der Waals surface area contributed by atoms with Crippen molar-refractivity contribution >= 4 is 5.82 Å². The van der Waals surface area contributed by atoms with Gasteiger partial charge in [-0.1, -0.05) is 25.8 Å². The lowest BCUT2D eigenvalue weighted by molar-refractivity contribution is 0.0961. The third-order valence-electron chi connectivity index (χ3n) is 4.66. The average Bonchev–Trinajstić information content (AvgIpc) is 2.54. The van der Waals surface area contributed by atoms with Gasteiger partial charge in [0.1, 0.15) is 12.4 Å². The van der Waals surface area contributed by atoms with Crippen LogP contribution in [0, 0.1) is 5.82 Å². The smallest absolute Gasteiger partial charge is 0.174 e. The van der Waals surface area contributed by atoms with Crippen LogP contribution >= 0.6 is 0 Å². The molecule has 134 valence electrons. The van der Waals surface area contributed by atoms with E-state index in [4.69, 9.17) is 10.5 Å². The highest BCUT2D eigenvalue weighted by Crippen LogP contribution is 2.43. The SMILES string of the molecule is CCCC(O)COc1c(C2CCC2)ccc(-c2cnc(N)cn2)c1F. The zero-order valence-electron chi connectivity index (χ0n) is 14.4. The Morgan fingerprint density at radius 2 is 2.12 bits per heavy atom. The second kappa shape index (κ2) is 7.78. The minimum absolute atomic E-state index is 0.0847. The lowest BCUT2D eigenvalue weighted by atomic mass is 9.79. The number of benzene rings is 1. The average molecular weight is 345 g/mol. The molecule has 0 saturated heterocycles. The number of hydrogen-bond acceptors (Lipinski definition) is 5. The quantitative estimate of drug-likeness (QED) is 0.800. The van der Waals surface area contributed by atoms with E-state index in [1.165, 1.54) is 12.4 Å². The van der Waals surface area contributed by atoms with Crippen LogP contribution in [-0.2, 0) is 0 Å². The van der Waals surface area contributed by atoms with Crippen LogP contribution in [0.25, 0.3) is 11.3 Å². The number of rotatable bonds is 7. The van der Waals surface area contributed by atoms with Crippen LogP contribution in [0.15, 0.2) is 24.5 Å². The predicted octanol–water partition coefficient (Wildman–Crippen LogP) is 3.67. The molecular weight excluding hydrogens is 321 g/mol. The number of aliphatic hydroxyl groups is 1. The van der Waals surface area contributed by atoms with Crippen LogP contribution in [0.5, 0.6) is 5.75 Å². The molecule has 5 nitrogen and oxygen atoms in total. The summed E-state index contributed by atoms with van der Waals surface area (Å²) in [4.78, 5) is 8.13. The lowest BCUT2D eigenvalue weighted by Crippen LogP contribution is -2.19. The van der Waals surface area contributed by atoms with Crippen LogP contribution in [0.3, 0.4) is 0 Å². The summed E-state index contributed by atoms with van der Waals surface area (Å²) in [5, 5.41) is 9.94. The highest BCUT2D eigenvalue weighted by molar-refractivity contribution is 5.64. The summed E-state index contributed by atoms with van der Waals surface area (Å²) >= 11 is 0. The Labute approximate surface area is 147 Å². The number of halogens is 1. The molecule has 1 aliphatic carbocycles. The Morgan fingerprint density at radius 1 is 1.32 bits per heavy atom. The molecule has 1 unspecified atom stereocenters. The van der Waals surface area contributed by atoms with E-state index in [1.807, 2.05) is 13.0 Å². The standard InChI is InChI=1S/C19H24FN3O2/c1-2-4-13(24)11-25-19-14(12-5-3-6-12)7-8-15(18(19)20)16-9-23-17(21)10-22-16/h7-10,12-13,24H,2-6,11H2,1H3,(H2,21,23). The minimum Gasteiger partial charge on any atom is -0.487 e. The predicted molar refractivity (Wildman–Crippen MR) is 94.8 cm³/mol. The molecular formula is C19H24FN3O2. The third kappa shape index (κ3) is 3.90. The fourth-order valence-electron chi connectivity index (χ4n) is 3.03. The van der Waals surface area contributed by atoms with Gasteiger partial charge in [-0.25, -0.2) is 9.37 Å². The summed E-state index contributed by atoms with van der Waals surface area (Å²) in [6.07, 6.45) is 6.95. The summed E-state index contributed by atoms with van der Waals surface area (Å²) in [5.74, 6) is 0.386. The van der Waals surface area contributed by atoms with Crippen molar-refractivity contribution in [1.29, 1.82) is 0 Å². The van der Waals surface area contributed by atoms with Crippen molar-refractivity contribution in [2.45, 2.75) is 51.0 Å². The van der Waals surface area contributed by atoms with Crippen molar-refractivity contribution in [1.82, 2.24) is 9.97 Å². The highest BCUT2D eigenvalue weighted by Gasteiger charge is 2.27. The molecule has 2 aromatic rings. The molecule has 1 aromatic carbocycles. The second-order valence-electron chi connectivity index (χ2n) is 6.55. The van der Waals surface area contributed by atoms with Gasteiger partial charge in [-0.15, -0.1) is 0 Å². The Bertz CT molecular complexity index is 717. The monoisotopic (exact) mass is 345 g/mol. The molecule has 3 rings (SSSR count). The molecule has 1 saturated carbocycles. The van der Waals surface area contributed by atoms with E-state index in [0.29, 0.717) is 23.6 Å². The molecule has 1 aromatic heterocycles. The first-order valence-electron chi connectivity index (χ1n) is 8.81. The highest BCUT2D eigenvalue weighted by atomic mass is 19.1. The van der Waals surface area contributed by atoms with Gasteiger partial charge in [-0.05, 0) is 31.2 Å². The number of hydrogen-bond donors (Lipinski definition) is 2. The summed E-state index contributed by atoms with van der Waals surface area (Å²) in [5.41, 5.74) is 7.16. The van der Waals surface area contributed by atoms with E-state index in [0.717, 1.165) is 31.2 Å². The van der Waals surface area contributed by atoms with Gasteiger partial charge >= 0.3 is 0 Å². The lowest BCUT2D eigenvalue weighted by Gasteiger charge is -2.28. The normalized spacial score (nSPS) is 15.6. The number of nitrogen functional groups attached to an aromatic ring is 1. The maximum absolute atomic E-state index is 15.2. The van der Waals surface area contributed by atoms with Crippen molar-refractivity contribution in [3.63, 3.8) is 0 Å². The van der Waals surface area contributed by atoms with Crippen molar-refractivity contribution in [2.24, 2.45) is 0 Å². The third-order valence-corrected chi connectivity index (χ3v) is 4.66. The van der Waals surface area contributed by atoms with E-state index in [2.05, 4.69) is 9.97 Å².